The van der Waals surface area contributed by atoms with Gasteiger partial charge in [0.25, 0.3) is 0 Å². The summed E-state index contributed by atoms with van der Waals surface area (Å²) in [4.78, 5) is 10.7. The van der Waals surface area contributed by atoms with E-state index in [0.29, 0.717) is 12.1 Å². The summed E-state index contributed by atoms with van der Waals surface area (Å²) in [5, 5.41) is 8.78. The van der Waals surface area contributed by atoms with Crippen molar-refractivity contribution in [3.05, 3.63) is 23.9 Å². The Morgan fingerprint density at radius 1 is 1.82 bits per heavy atom. The lowest BCUT2D eigenvalue weighted by molar-refractivity contribution is -0.145. The zero-order valence-electron chi connectivity index (χ0n) is 6.37. The summed E-state index contributed by atoms with van der Waals surface area (Å²) in [5.74, 6) is -0.829. The number of hydrogen-bond acceptors (Lipinski definition) is 2. The molecule has 60 valence electrons. The van der Waals surface area contributed by atoms with Gasteiger partial charge in [0.1, 0.15) is 0 Å². The van der Waals surface area contributed by atoms with Gasteiger partial charge < -0.3 is 10.8 Å². The molecule has 0 saturated carbocycles. The van der Waals surface area contributed by atoms with Crippen molar-refractivity contribution in [3.63, 3.8) is 0 Å². The molecule has 1 rings (SSSR count). The van der Waals surface area contributed by atoms with Crippen molar-refractivity contribution in [2.45, 2.75) is 13.3 Å². The minimum Gasteiger partial charge on any atom is -0.481 e. The van der Waals surface area contributed by atoms with Crippen LogP contribution in [0.2, 0.25) is 0 Å². The van der Waals surface area contributed by atoms with Crippen LogP contribution in [0.1, 0.15) is 13.3 Å². The Morgan fingerprint density at radius 3 is 2.82 bits per heavy atom. The summed E-state index contributed by atoms with van der Waals surface area (Å²) in [5.41, 5.74) is 5.18. The maximum Gasteiger partial charge on any atom is 0.313 e. The third-order valence-electron chi connectivity index (χ3n) is 1.83. The number of aliphatic carboxylic acids is 1. The first-order chi connectivity index (χ1) is 5.04. The minimum atomic E-state index is -0.829. The first-order valence-electron chi connectivity index (χ1n) is 3.43. The van der Waals surface area contributed by atoms with Crippen LogP contribution in [0.25, 0.3) is 0 Å². The van der Waals surface area contributed by atoms with Crippen molar-refractivity contribution in [2.75, 3.05) is 0 Å². The highest BCUT2D eigenvalue weighted by molar-refractivity contribution is 5.77. The molecule has 0 aliphatic heterocycles. The summed E-state index contributed by atoms with van der Waals surface area (Å²) in [6.07, 6.45) is 5.60. The smallest absolute Gasteiger partial charge is 0.313 e. The number of allylic oxidation sites excluding steroid dienone is 2. The number of carbonyl (C=O) groups is 1. The highest BCUT2D eigenvalue weighted by Crippen LogP contribution is 2.28. The molecule has 0 radical (unpaired) electrons. The lowest BCUT2D eigenvalue weighted by atomic mass is 9.83. The fraction of sp³-hybridized carbons (Fsp3) is 0.375. The molecule has 11 heavy (non-hydrogen) atoms. The molecular formula is C8H11NO2. The molecule has 0 fully saturated rings. The van der Waals surface area contributed by atoms with E-state index in [1.807, 2.05) is 0 Å². The molecule has 0 aromatic heterocycles. The van der Waals surface area contributed by atoms with Crippen LogP contribution in [0.5, 0.6) is 0 Å². The molecule has 0 aromatic carbocycles. The minimum absolute atomic E-state index is 0.517. The number of carboxylic acids is 1. The van der Waals surface area contributed by atoms with Gasteiger partial charge in [-0.3, -0.25) is 4.79 Å². The molecule has 3 nitrogen and oxygen atoms in total. The SMILES string of the molecule is CC1(C(=O)O)C=C(N)C=CC1. The highest BCUT2D eigenvalue weighted by Gasteiger charge is 2.30. The Balaban J connectivity index is 2.92. The fourth-order valence-electron chi connectivity index (χ4n) is 1.06. The zero-order valence-corrected chi connectivity index (χ0v) is 6.37. The van der Waals surface area contributed by atoms with Crippen LogP contribution in [0.4, 0.5) is 0 Å². The van der Waals surface area contributed by atoms with Gasteiger partial charge in [0.15, 0.2) is 0 Å². The van der Waals surface area contributed by atoms with Gasteiger partial charge in [0.2, 0.25) is 0 Å². The molecule has 3 heteroatoms. The van der Waals surface area contributed by atoms with Crippen LogP contribution < -0.4 is 5.73 Å². The third kappa shape index (κ3) is 1.42. The standard InChI is InChI=1S/C8H11NO2/c1-8(7(10)11)4-2-3-6(9)5-8/h2-3,5H,4,9H2,1H3,(H,10,11). The lowest BCUT2D eigenvalue weighted by Gasteiger charge is -2.21. The summed E-state index contributed by atoms with van der Waals surface area (Å²) in [6, 6.07) is 0. The fourth-order valence-corrected chi connectivity index (χ4v) is 1.06. The van der Waals surface area contributed by atoms with E-state index in [0.717, 1.165) is 0 Å². The van der Waals surface area contributed by atoms with E-state index in [1.165, 1.54) is 0 Å². The molecule has 0 aromatic rings. The van der Waals surface area contributed by atoms with Crippen LogP contribution in [-0.2, 0) is 4.79 Å². The van der Waals surface area contributed by atoms with Crippen molar-refractivity contribution in [2.24, 2.45) is 11.1 Å². The van der Waals surface area contributed by atoms with Gasteiger partial charge in [-0.15, -0.1) is 0 Å². The molecule has 1 atom stereocenters. The average Bonchev–Trinajstić information content (AvgIpc) is 1.86. The third-order valence-corrected chi connectivity index (χ3v) is 1.83. The van der Waals surface area contributed by atoms with Gasteiger partial charge in [0, 0.05) is 5.70 Å². The van der Waals surface area contributed by atoms with Crippen LogP contribution >= 0.6 is 0 Å². The molecule has 1 aliphatic rings. The van der Waals surface area contributed by atoms with E-state index in [1.54, 1.807) is 25.2 Å². The second-order valence-corrected chi connectivity index (χ2v) is 2.97. The van der Waals surface area contributed by atoms with Gasteiger partial charge in [-0.2, -0.15) is 0 Å². The summed E-state index contributed by atoms with van der Waals surface area (Å²) in [7, 11) is 0. The topological polar surface area (TPSA) is 63.3 Å². The first-order valence-corrected chi connectivity index (χ1v) is 3.43. The first kappa shape index (κ1) is 7.85. The van der Waals surface area contributed by atoms with Crippen molar-refractivity contribution < 1.29 is 9.90 Å². The maximum atomic E-state index is 10.7. The van der Waals surface area contributed by atoms with E-state index in [2.05, 4.69) is 0 Å². The van der Waals surface area contributed by atoms with Gasteiger partial charge in [-0.25, -0.2) is 0 Å². The molecule has 3 N–H and O–H groups in total. The second-order valence-electron chi connectivity index (χ2n) is 2.97. The van der Waals surface area contributed by atoms with E-state index < -0.39 is 11.4 Å². The second kappa shape index (κ2) is 2.42. The van der Waals surface area contributed by atoms with E-state index >= 15 is 0 Å². The van der Waals surface area contributed by atoms with Gasteiger partial charge in [-0.1, -0.05) is 6.08 Å². The molecule has 0 heterocycles. The lowest BCUT2D eigenvalue weighted by Crippen LogP contribution is -2.27. The Kier molecular flexibility index (Phi) is 1.72. The monoisotopic (exact) mass is 153 g/mol. The predicted octanol–water partition coefficient (Wildman–Crippen LogP) is 0.880. The highest BCUT2D eigenvalue weighted by atomic mass is 16.4. The predicted molar refractivity (Wildman–Crippen MR) is 41.8 cm³/mol. The molecule has 0 saturated heterocycles. The number of carboxylic acid groups (broad SMARTS) is 1. The molecule has 0 spiro atoms. The van der Waals surface area contributed by atoms with Crippen LogP contribution in [0, 0.1) is 5.41 Å². The van der Waals surface area contributed by atoms with Crippen molar-refractivity contribution in [3.8, 4) is 0 Å². The Labute approximate surface area is 65.2 Å². The summed E-state index contributed by atoms with van der Waals surface area (Å²) >= 11 is 0. The quantitative estimate of drug-likeness (QED) is 0.587. The number of nitrogens with two attached hydrogens (primary N) is 1. The summed E-state index contributed by atoms with van der Waals surface area (Å²) in [6.45, 7) is 1.66. The van der Waals surface area contributed by atoms with E-state index in [4.69, 9.17) is 10.8 Å². The molecule has 1 unspecified atom stereocenters. The Bertz CT molecular complexity index is 242. The largest absolute Gasteiger partial charge is 0.481 e. The van der Waals surface area contributed by atoms with Gasteiger partial charge in [0.05, 0.1) is 5.41 Å². The van der Waals surface area contributed by atoms with Gasteiger partial charge >= 0.3 is 5.97 Å². The molecule has 1 aliphatic carbocycles. The number of rotatable bonds is 1. The molecule has 0 amide bonds. The molecule has 0 bridgehead atoms. The van der Waals surface area contributed by atoms with Crippen LogP contribution in [-0.4, -0.2) is 11.1 Å². The van der Waals surface area contributed by atoms with E-state index in [-0.39, 0.29) is 0 Å². The Morgan fingerprint density at radius 2 is 2.45 bits per heavy atom. The van der Waals surface area contributed by atoms with Crippen molar-refractivity contribution in [1.29, 1.82) is 0 Å². The zero-order chi connectivity index (χ0) is 8.48. The van der Waals surface area contributed by atoms with E-state index in [9.17, 15) is 4.79 Å². The normalized spacial score (nSPS) is 29.7. The average molecular weight is 153 g/mol. The number of hydrogen-bond donors (Lipinski definition) is 2. The Hall–Kier alpha value is -1.25. The molecular weight excluding hydrogens is 142 g/mol. The van der Waals surface area contributed by atoms with Crippen molar-refractivity contribution in [1.82, 2.24) is 0 Å². The summed E-state index contributed by atoms with van der Waals surface area (Å²) < 4.78 is 0. The maximum absolute atomic E-state index is 10.7. The van der Waals surface area contributed by atoms with Gasteiger partial charge in [-0.05, 0) is 25.5 Å². The van der Waals surface area contributed by atoms with Crippen LogP contribution in [0.3, 0.4) is 0 Å². The van der Waals surface area contributed by atoms with Crippen molar-refractivity contribution >= 4 is 5.97 Å². The van der Waals surface area contributed by atoms with Crippen LogP contribution in [0.15, 0.2) is 23.9 Å².